The Balaban J connectivity index is 1.47. The van der Waals surface area contributed by atoms with Gasteiger partial charge in [0.1, 0.15) is 0 Å². The lowest BCUT2D eigenvalue weighted by Crippen LogP contribution is -2.49. The molecule has 1 heterocycles. The summed E-state index contributed by atoms with van der Waals surface area (Å²) in [5.41, 5.74) is 2.41. The van der Waals surface area contributed by atoms with E-state index in [2.05, 4.69) is 30.0 Å². The number of hydrogen-bond donors (Lipinski definition) is 0. The van der Waals surface area contributed by atoms with Gasteiger partial charge in [0, 0.05) is 54.0 Å². The zero-order valence-corrected chi connectivity index (χ0v) is 16.0. The lowest BCUT2D eigenvalue weighted by molar-refractivity contribution is -0.131. The third-order valence-corrected chi connectivity index (χ3v) is 5.72. The SMILES string of the molecule is Cc1ccc(Cl)cc1N1CCN(C(=O)CCSc2ccccc2)CC1. The fraction of sp³-hybridized carbons (Fsp3) is 0.350. The summed E-state index contributed by atoms with van der Waals surface area (Å²) in [6, 6.07) is 16.2. The van der Waals surface area contributed by atoms with Crippen molar-refractivity contribution in [3.63, 3.8) is 0 Å². The van der Waals surface area contributed by atoms with Crippen molar-refractivity contribution in [2.24, 2.45) is 0 Å². The number of aryl methyl sites for hydroxylation is 1. The summed E-state index contributed by atoms with van der Waals surface area (Å²) in [6.45, 7) is 5.38. The lowest BCUT2D eigenvalue weighted by Gasteiger charge is -2.37. The molecule has 2 aromatic carbocycles. The van der Waals surface area contributed by atoms with Crippen LogP contribution in [0.1, 0.15) is 12.0 Å². The van der Waals surface area contributed by atoms with Crippen LogP contribution < -0.4 is 4.90 Å². The smallest absolute Gasteiger partial charge is 0.223 e. The van der Waals surface area contributed by atoms with Gasteiger partial charge in [-0.1, -0.05) is 35.9 Å². The number of thioether (sulfide) groups is 1. The Morgan fingerprint density at radius 1 is 1.08 bits per heavy atom. The van der Waals surface area contributed by atoms with Crippen molar-refractivity contribution >= 4 is 35.0 Å². The molecule has 1 amide bonds. The molecule has 0 aliphatic carbocycles. The molecule has 0 aromatic heterocycles. The highest BCUT2D eigenvalue weighted by Crippen LogP contribution is 2.25. The average Bonchev–Trinajstić information content (AvgIpc) is 2.65. The normalized spacial score (nSPS) is 14.6. The van der Waals surface area contributed by atoms with Crippen molar-refractivity contribution in [2.45, 2.75) is 18.2 Å². The fourth-order valence-corrected chi connectivity index (χ4v) is 4.08. The Hall–Kier alpha value is -1.65. The van der Waals surface area contributed by atoms with Crippen LogP contribution in [-0.2, 0) is 4.79 Å². The van der Waals surface area contributed by atoms with Crippen LogP contribution >= 0.6 is 23.4 Å². The standard InChI is InChI=1S/C20H23ClN2OS/c1-16-7-8-17(21)15-19(16)22-10-12-23(13-11-22)20(24)9-14-25-18-5-3-2-4-6-18/h2-8,15H,9-14H2,1H3. The van der Waals surface area contributed by atoms with E-state index in [0.29, 0.717) is 6.42 Å². The Labute approximate surface area is 159 Å². The number of piperazine rings is 1. The van der Waals surface area contributed by atoms with Crippen molar-refractivity contribution in [3.8, 4) is 0 Å². The van der Waals surface area contributed by atoms with Crippen LogP contribution in [-0.4, -0.2) is 42.7 Å². The maximum Gasteiger partial charge on any atom is 0.223 e. The predicted octanol–water partition coefficient (Wildman–Crippen LogP) is 4.48. The Kier molecular flexibility index (Phi) is 6.27. The molecule has 132 valence electrons. The van der Waals surface area contributed by atoms with E-state index in [9.17, 15) is 4.79 Å². The zero-order chi connectivity index (χ0) is 17.6. The van der Waals surface area contributed by atoms with Gasteiger partial charge in [-0.3, -0.25) is 4.79 Å². The van der Waals surface area contributed by atoms with E-state index in [4.69, 9.17) is 11.6 Å². The van der Waals surface area contributed by atoms with Crippen molar-refractivity contribution in [3.05, 3.63) is 59.1 Å². The van der Waals surface area contributed by atoms with Gasteiger partial charge in [0.15, 0.2) is 0 Å². The summed E-state index contributed by atoms with van der Waals surface area (Å²) in [4.78, 5) is 18.0. The highest BCUT2D eigenvalue weighted by molar-refractivity contribution is 7.99. The topological polar surface area (TPSA) is 23.6 Å². The second-order valence-corrected chi connectivity index (χ2v) is 7.81. The van der Waals surface area contributed by atoms with E-state index in [-0.39, 0.29) is 5.91 Å². The number of hydrogen-bond acceptors (Lipinski definition) is 3. The van der Waals surface area contributed by atoms with Gasteiger partial charge in [0.05, 0.1) is 0 Å². The summed E-state index contributed by atoms with van der Waals surface area (Å²) in [5, 5.41) is 0.761. The van der Waals surface area contributed by atoms with Crippen molar-refractivity contribution in [1.29, 1.82) is 0 Å². The molecule has 0 unspecified atom stereocenters. The fourth-order valence-electron chi connectivity index (χ4n) is 3.05. The summed E-state index contributed by atoms with van der Waals surface area (Å²) >= 11 is 7.87. The van der Waals surface area contributed by atoms with Crippen LogP contribution in [0.5, 0.6) is 0 Å². The van der Waals surface area contributed by atoms with Crippen LogP contribution in [0.2, 0.25) is 5.02 Å². The molecule has 1 aliphatic heterocycles. The molecule has 0 spiro atoms. The molecule has 0 saturated carbocycles. The number of carbonyl (C=O) groups excluding carboxylic acids is 1. The summed E-state index contributed by atoms with van der Waals surface area (Å²) in [5.74, 6) is 1.09. The third kappa shape index (κ3) is 4.93. The number of benzene rings is 2. The van der Waals surface area contributed by atoms with Crippen molar-refractivity contribution in [1.82, 2.24) is 4.90 Å². The first-order valence-electron chi connectivity index (χ1n) is 8.60. The molecular formula is C20H23ClN2OS. The Morgan fingerprint density at radius 2 is 1.80 bits per heavy atom. The summed E-state index contributed by atoms with van der Waals surface area (Å²) in [7, 11) is 0. The summed E-state index contributed by atoms with van der Waals surface area (Å²) in [6.07, 6.45) is 0.593. The first-order chi connectivity index (χ1) is 12.1. The lowest BCUT2D eigenvalue weighted by atomic mass is 10.1. The molecule has 2 aromatic rings. The average molecular weight is 375 g/mol. The highest BCUT2D eigenvalue weighted by Gasteiger charge is 2.21. The molecule has 0 N–H and O–H groups in total. The molecule has 25 heavy (non-hydrogen) atoms. The minimum Gasteiger partial charge on any atom is -0.368 e. The highest BCUT2D eigenvalue weighted by atomic mass is 35.5. The van der Waals surface area contributed by atoms with Gasteiger partial charge in [0.25, 0.3) is 0 Å². The first-order valence-corrected chi connectivity index (χ1v) is 9.96. The number of anilines is 1. The second-order valence-electron chi connectivity index (χ2n) is 6.21. The molecular weight excluding hydrogens is 352 g/mol. The Bertz CT molecular complexity index is 715. The van der Waals surface area contributed by atoms with Gasteiger partial charge in [-0.2, -0.15) is 0 Å². The van der Waals surface area contributed by atoms with Gasteiger partial charge in [-0.05, 0) is 36.8 Å². The van der Waals surface area contributed by atoms with Crippen LogP contribution in [0.15, 0.2) is 53.4 Å². The van der Waals surface area contributed by atoms with E-state index >= 15 is 0 Å². The number of nitrogens with zero attached hydrogens (tertiary/aromatic N) is 2. The molecule has 0 bridgehead atoms. The molecule has 1 fully saturated rings. The molecule has 5 heteroatoms. The number of rotatable bonds is 5. The van der Waals surface area contributed by atoms with E-state index in [1.807, 2.05) is 35.2 Å². The number of halogens is 1. The van der Waals surface area contributed by atoms with Gasteiger partial charge < -0.3 is 9.80 Å². The van der Waals surface area contributed by atoms with Crippen LogP contribution in [0, 0.1) is 6.92 Å². The van der Waals surface area contributed by atoms with Crippen LogP contribution in [0.4, 0.5) is 5.69 Å². The maximum absolute atomic E-state index is 12.4. The number of amides is 1. The quantitative estimate of drug-likeness (QED) is 0.721. The molecule has 1 saturated heterocycles. The molecule has 0 radical (unpaired) electrons. The van der Waals surface area contributed by atoms with Crippen LogP contribution in [0.3, 0.4) is 0 Å². The molecule has 0 atom stereocenters. The molecule has 3 nitrogen and oxygen atoms in total. The zero-order valence-electron chi connectivity index (χ0n) is 14.5. The predicted molar refractivity (Wildman–Crippen MR) is 107 cm³/mol. The largest absolute Gasteiger partial charge is 0.368 e. The maximum atomic E-state index is 12.4. The van der Waals surface area contributed by atoms with Gasteiger partial charge in [-0.25, -0.2) is 0 Å². The van der Waals surface area contributed by atoms with Gasteiger partial charge >= 0.3 is 0 Å². The summed E-state index contributed by atoms with van der Waals surface area (Å²) < 4.78 is 0. The van der Waals surface area contributed by atoms with Crippen LogP contribution in [0.25, 0.3) is 0 Å². The van der Waals surface area contributed by atoms with Gasteiger partial charge in [0.2, 0.25) is 5.91 Å². The first kappa shape index (κ1) is 18.2. The van der Waals surface area contributed by atoms with E-state index in [1.165, 1.54) is 16.1 Å². The van der Waals surface area contributed by atoms with Crippen molar-refractivity contribution in [2.75, 3.05) is 36.8 Å². The minimum absolute atomic E-state index is 0.255. The van der Waals surface area contributed by atoms with Gasteiger partial charge in [-0.15, -0.1) is 11.8 Å². The Morgan fingerprint density at radius 3 is 2.52 bits per heavy atom. The van der Waals surface area contributed by atoms with E-state index in [0.717, 1.165) is 37.0 Å². The molecule has 1 aliphatic rings. The van der Waals surface area contributed by atoms with Crippen molar-refractivity contribution < 1.29 is 4.79 Å². The monoisotopic (exact) mass is 374 g/mol. The molecule has 3 rings (SSSR count). The second kappa shape index (κ2) is 8.63. The third-order valence-electron chi connectivity index (χ3n) is 4.47. The van der Waals surface area contributed by atoms with E-state index in [1.54, 1.807) is 11.8 Å². The van der Waals surface area contributed by atoms with E-state index < -0.39 is 0 Å². The number of carbonyl (C=O) groups is 1. The minimum atomic E-state index is 0.255.